The minimum absolute atomic E-state index is 0.000186. The highest BCUT2D eigenvalue weighted by atomic mass is 32.1. The fraction of sp³-hybridized carbons (Fsp3) is 0.304. The van der Waals surface area contributed by atoms with E-state index in [9.17, 15) is 9.18 Å². The van der Waals surface area contributed by atoms with E-state index in [4.69, 9.17) is 4.98 Å². The average molecular weight is 425 g/mol. The van der Waals surface area contributed by atoms with E-state index >= 15 is 0 Å². The van der Waals surface area contributed by atoms with Crippen LogP contribution in [0.25, 0.3) is 11.3 Å². The van der Waals surface area contributed by atoms with Crippen LogP contribution in [0, 0.1) is 5.82 Å². The van der Waals surface area contributed by atoms with Crippen LogP contribution in [0.15, 0.2) is 60.0 Å². The van der Waals surface area contributed by atoms with Gasteiger partial charge in [-0.2, -0.15) is 0 Å². The fourth-order valence-corrected chi connectivity index (χ4v) is 4.33. The molecule has 1 saturated heterocycles. The fourth-order valence-electron chi connectivity index (χ4n) is 3.48. The number of carbonyl (C=O) groups excluding carboxylic acids is 1. The van der Waals surface area contributed by atoms with Crippen molar-refractivity contribution in [3.63, 3.8) is 0 Å². The van der Waals surface area contributed by atoms with Gasteiger partial charge in [-0.15, -0.1) is 11.3 Å². The van der Waals surface area contributed by atoms with Crippen molar-refractivity contribution in [1.82, 2.24) is 20.1 Å². The van der Waals surface area contributed by atoms with E-state index in [2.05, 4.69) is 32.6 Å². The van der Waals surface area contributed by atoms with E-state index in [1.165, 1.54) is 12.1 Å². The lowest BCUT2D eigenvalue weighted by Gasteiger charge is -2.33. The molecule has 2 aromatic carbocycles. The molecule has 156 valence electrons. The topological polar surface area (TPSA) is 48.5 Å². The van der Waals surface area contributed by atoms with Crippen molar-refractivity contribution in [2.75, 3.05) is 32.7 Å². The Bertz CT molecular complexity index is 953. The number of nitrogens with one attached hydrogen (secondary N) is 1. The Morgan fingerprint density at radius 2 is 1.70 bits per heavy atom. The largest absolute Gasteiger partial charge is 0.351 e. The van der Waals surface area contributed by atoms with Gasteiger partial charge in [-0.1, -0.05) is 42.5 Å². The third-order valence-electron chi connectivity index (χ3n) is 5.22. The number of halogens is 1. The molecular formula is C23H25FN4OS. The van der Waals surface area contributed by atoms with Gasteiger partial charge in [0.05, 0.1) is 18.8 Å². The Kier molecular flexibility index (Phi) is 6.84. The van der Waals surface area contributed by atoms with Gasteiger partial charge in [0.25, 0.3) is 0 Å². The summed E-state index contributed by atoms with van der Waals surface area (Å²) in [6.07, 6.45) is 0. The van der Waals surface area contributed by atoms with Gasteiger partial charge in [0.15, 0.2) is 0 Å². The van der Waals surface area contributed by atoms with Crippen LogP contribution in [-0.2, 0) is 17.9 Å². The first-order valence-corrected chi connectivity index (χ1v) is 11.0. The number of carbonyl (C=O) groups is 1. The first-order valence-electron chi connectivity index (χ1n) is 10.1. The van der Waals surface area contributed by atoms with Gasteiger partial charge >= 0.3 is 0 Å². The van der Waals surface area contributed by atoms with E-state index in [0.717, 1.165) is 54.6 Å². The Balaban J connectivity index is 1.19. The van der Waals surface area contributed by atoms with Gasteiger partial charge in [-0.3, -0.25) is 14.6 Å². The number of piperazine rings is 1. The maximum atomic E-state index is 12.9. The minimum Gasteiger partial charge on any atom is -0.351 e. The number of hydrogen-bond acceptors (Lipinski definition) is 5. The van der Waals surface area contributed by atoms with Crippen molar-refractivity contribution in [3.8, 4) is 11.3 Å². The van der Waals surface area contributed by atoms with E-state index in [1.807, 2.05) is 18.2 Å². The van der Waals surface area contributed by atoms with Crippen LogP contribution in [0.2, 0.25) is 0 Å². The van der Waals surface area contributed by atoms with Crippen LogP contribution in [0.1, 0.15) is 10.6 Å². The molecule has 0 unspecified atom stereocenters. The van der Waals surface area contributed by atoms with Gasteiger partial charge in [-0.25, -0.2) is 9.37 Å². The third-order valence-corrected chi connectivity index (χ3v) is 6.05. The lowest BCUT2D eigenvalue weighted by molar-refractivity contribution is -0.122. The molecular weight excluding hydrogens is 399 g/mol. The van der Waals surface area contributed by atoms with E-state index in [0.29, 0.717) is 13.1 Å². The zero-order valence-corrected chi connectivity index (χ0v) is 17.6. The Morgan fingerprint density at radius 1 is 1.00 bits per heavy atom. The molecule has 0 atom stereocenters. The van der Waals surface area contributed by atoms with Gasteiger partial charge in [-0.05, 0) is 17.7 Å². The van der Waals surface area contributed by atoms with Crippen LogP contribution < -0.4 is 5.32 Å². The van der Waals surface area contributed by atoms with Gasteiger partial charge in [0, 0.05) is 43.7 Å². The number of aromatic nitrogens is 1. The molecule has 0 bridgehead atoms. The molecule has 5 nitrogen and oxygen atoms in total. The molecule has 1 aliphatic rings. The lowest BCUT2D eigenvalue weighted by Crippen LogP contribution is -2.49. The highest BCUT2D eigenvalue weighted by Crippen LogP contribution is 2.22. The number of thiazole rings is 1. The molecule has 0 saturated carbocycles. The number of benzene rings is 2. The summed E-state index contributed by atoms with van der Waals surface area (Å²) in [6.45, 7) is 5.23. The second kappa shape index (κ2) is 9.93. The Hall–Kier alpha value is -2.61. The Labute approximate surface area is 180 Å². The normalized spacial score (nSPS) is 15.2. The standard InChI is InChI=1S/C23H25FN4OS/c24-20-8-6-18(7-9-20)14-25-22(29)15-27-10-12-28(13-11-27)16-23-26-21(17-30-23)19-4-2-1-3-5-19/h1-9,17H,10-16H2,(H,25,29). The minimum atomic E-state index is -0.267. The zero-order valence-electron chi connectivity index (χ0n) is 16.8. The molecule has 0 radical (unpaired) electrons. The highest BCUT2D eigenvalue weighted by Gasteiger charge is 2.20. The Morgan fingerprint density at radius 3 is 2.43 bits per heavy atom. The summed E-state index contributed by atoms with van der Waals surface area (Å²) in [6, 6.07) is 16.4. The molecule has 3 aromatic rings. The number of rotatable bonds is 7. The van der Waals surface area contributed by atoms with Crippen molar-refractivity contribution in [2.24, 2.45) is 0 Å². The van der Waals surface area contributed by atoms with Crippen molar-refractivity contribution in [2.45, 2.75) is 13.1 Å². The predicted molar refractivity (Wildman–Crippen MR) is 118 cm³/mol. The van der Waals surface area contributed by atoms with Crippen LogP contribution in [0.5, 0.6) is 0 Å². The van der Waals surface area contributed by atoms with Crippen LogP contribution in [0.3, 0.4) is 0 Å². The second-order valence-electron chi connectivity index (χ2n) is 7.45. The molecule has 30 heavy (non-hydrogen) atoms. The summed E-state index contributed by atoms with van der Waals surface area (Å²) in [7, 11) is 0. The van der Waals surface area contributed by atoms with Crippen LogP contribution in [0.4, 0.5) is 4.39 Å². The molecule has 4 rings (SSSR count). The summed E-state index contributed by atoms with van der Waals surface area (Å²) in [5, 5.41) is 6.15. The summed E-state index contributed by atoms with van der Waals surface area (Å²) < 4.78 is 12.9. The predicted octanol–water partition coefficient (Wildman–Crippen LogP) is 3.38. The van der Waals surface area contributed by atoms with Crippen molar-refractivity contribution in [3.05, 3.63) is 76.4 Å². The summed E-state index contributed by atoms with van der Waals surface area (Å²) >= 11 is 1.70. The zero-order chi connectivity index (χ0) is 20.8. The monoisotopic (exact) mass is 424 g/mol. The van der Waals surface area contributed by atoms with Gasteiger partial charge < -0.3 is 5.32 Å². The maximum Gasteiger partial charge on any atom is 0.234 e. The van der Waals surface area contributed by atoms with E-state index < -0.39 is 0 Å². The maximum absolute atomic E-state index is 12.9. The lowest BCUT2D eigenvalue weighted by atomic mass is 10.2. The van der Waals surface area contributed by atoms with E-state index in [-0.39, 0.29) is 11.7 Å². The van der Waals surface area contributed by atoms with Gasteiger partial charge in [0.1, 0.15) is 10.8 Å². The molecule has 1 aromatic heterocycles. The van der Waals surface area contributed by atoms with Crippen molar-refractivity contribution >= 4 is 17.2 Å². The number of hydrogen-bond donors (Lipinski definition) is 1. The molecule has 1 fully saturated rings. The summed E-state index contributed by atoms with van der Waals surface area (Å²) in [5.74, 6) is -0.266. The summed E-state index contributed by atoms with van der Waals surface area (Å²) in [4.78, 5) is 21.6. The first-order chi connectivity index (χ1) is 14.7. The molecule has 7 heteroatoms. The first kappa shape index (κ1) is 20.7. The van der Waals surface area contributed by atoms with Crippen LogP contribution >= 0.6 is 11.3 Å². The second-order valence-corrected chi connectivity index (χ2v) is 8.39. The molecule has 0 spiro atoms. The molecule has 1 amide bonds. The smallest absolute Gasteiger partial charge is 0.234 e. The van der Waals surface area contributed by atoms with Crippen LogP contribution in [-0.4, -0.2) is 53.4 Å². The third kappa shape index (κ3) is 5.72. The number of nitrogens with zero attached hydrogens (tertiary/aromatic N) is 3. The summed E-state index contributed by atoms with van der Waals surface area (Å²) in [5.41, 5.74) is 3.08. The number of amides is 1. The SMILES string of the molecule is O=C(CN1CCN(Cc2nc(-c3ccccc3)cs2)CC1)NCc1ccc(F)cc1. The van der Waals surface area contributed by atoms with Crippen molar-refractivity contribution < 1.29 is 9.18 Å². The molecule has 2 heterocycles. The average Bonchev–Trinajstić information content (AvgIpc) is 3.24. The quantitative estimate of drug-likeness (QED) is 0.632. The molecule has 1 aliphatic heterocycles. The van der Waals surface area contributed by atoms with Gasteiger partial charge in [0.2, 0.25) is 5.91 Å². The molecule has 0 aliphatic carbocycles. The van der Waals surface area contributed by atoms with E-state index in [1.54, 1.807) is 23.5 Å². The van der Waals surface area contributed by atoms with Crippen molar-refractivity contribution in [1.29, 1.82) is 0 Å². The molecule has 1 N–H and O–H groups in total. The highest BCUT2D eigenvalue weighted by molar-refractivity contribution is 7.09.